The van der Waals surface area contributed by atoms with Crippen molar-refractivity contribution in [3.63, 3.8) is 0 Å². The summed E-state index contributed by atoms with van der Waals surface area (Å²) in [4.78, 5) is 39.4. The largest absolute Gasteiger partial charge is 0.326 e. The number of amides is 4. The molecule has 1 fully saturated rings. The Balaban J connectivity index is 1.87. The van der Waals surface area contributed by atoms with Crippen LogP contribution >= 0.6 is 0 Å². The summed E-state index contributed by atoms with van der Waals surface area (Å²) in [7, 11) is 0. The minimum absolute atomic E-state index is 0.227. The molecule has 1 heterocycles. The van der Waals surface area contributed by atoms with Gasteiger partial charge in [-0.1, -0.05) is 31.2 Å². The number of hydrogen-bond donors (Lipinski definition) is 2. The fourth-order valence-corrected chi connectivity index (χ4v) is 3.36. The molecule has 3 rings (SSSR count). The first-order valence-corrected chi connectivity index (χ1v) is 9.06. The molecule has 0 aliphatic carbocycles. The van der Waals surface area contributed by atoms with Crippen molar-refractivity contribution in [3.05, 3.63) is 65.5 Å². The maximum absolute atomic E-state index is 13.3. The number of carbonyl (C=O) groups is 3. The average Bonchev–Trinajstić information content (AvgIpc) is 2.98. The molecule has 4 amide bonds. The highest BCUT2D eigenvalue weighted by Crippen LogP contribution is 2.33. The zero-order valence-corrected chi connectivity index (χ0v) is 15.9. The van der Waals surface area contributed by atoms with E-state index < -0.39 is 35.2 Å². The summed E-state index contributed by atoms with van der Waals surface area (Å²) in [6, 6.07) is 11.9. The molecule has 1 saturated heterocycles. The van der Waals surface area contributed by atoms with Gasteiger partial charge in [0.2, 0.25) is 5.91 Å². The zero-order valence-electron chi connectivity index (χ0n) is 15.9. The lowest BCUT2D eigenvalue weighted by Gasteiger charge is -2.27. The van der Waals surface area contributed by atoms with E-state index in [9.17, 15) is 18.8 Å². The van der Waals surface area contributed by atoms with Crippen LogP contribution in [0, 0.1) is 17.1 Å². The summed E-state index contributed by atoms with van der Waals surface area (Å²) in [5.41, 5.74) is -0.382. The van der Waals surface area contributed by atoms with Gasteiger partial charge >= 0.3 is 6.03 Å². The number of hydrogen-bond acceptors (Lipinski definition) is 4. The Hall–Kier alpha value is -3.73. The molecule has 148 valence electrons. The van der Waals surface area contributed by atoms with Gasteiger partial charge in [-0.25, -0.2) is 14.1 Å². The fraction of sp³-hybridized carbons (Fsp3) is 0.238. The Morgan fingerprint density at radius 3 is 2.52 bits per heavy atom. The Morgan fingerprint density at radius 2 is 1.90 bits per heavy atom. The lowest BCUT2D eigenvalue weighted by Crippen LogP contribution is -2.48. The van der Waals surface area contributed by atoms with Gasteiger partial charge in [0, 0.05) is 0 Å². The monoisotopic (exact) mass is 394 g/mol. The van der Waals surface area contributed by atoms with Gasteiger partial charge in [0.05, 0.1) is 11.3 Å². The van der Waals surface area contributed by atoms with Gasteiger partial charge in [-0.3, -0.25) is 9.59 Å². The van der Waals surface area contributed by atoms with Crippen LogP contribution in [0.1, 0.15) is 31.4 Å². The number of rotatable bonds is 5. The van der Waals surface area contributed by atoms with Gasteiger partial charge in [0.25, 0.3) is 5.91 Å². The quantitative estimate of drug-likeness (QED) is 0.761. The number of nitriles is 1. The van der Waals surface area contributed by atoms with Crippen molar-refractivity contribution in [2.75, 3.05) is 5.32 Å². The first-order valence-electron chi connectivity index (χ1n) is 9.06. The number of anilines is 1. The number of nitrogens with one attached hydrogen (secondary N) is 2. The van der Waals surface area contributed by atoms with E-state index in [4.69, 9.17) is 5.26 Å². The van der Waals surface area contributed by atoms with E-state index in [0.29, 0.717) is 11.3 Å². The number of halogens is 1. The molecule has 7 nitrogen and oxygen atoms in total. The van der Waals surface area contributed by atoms with E-state index in [1.807, 2.05) is 6.07 Å². The van der Waals surface area contributed by atoms with Crippen LogP contribution in [0.4, 0.5) is 14.9 Å². The van der Waals surface area contributed by atoms with Gasteiger partial charge in [0.15, 0.2) is 0 Å². The number of urea groups is 1. The van der Waals surface area contributed by atoms with Crippen molar-refractivity contribution >= 4 is 23.5 Å². The first-order chi connectivity index (χ1) is 13.8. The highest BCUT2D eigenvalue weighted by atomic mass is 19.1. The van der Waals surface area contributed by atoms with Crippen LogP contribution in [-0.4, -0.2) is 28.8 Å². The second kappa shape index (κ2) is 7.72. The molecule has 0 aromatic heterocycles. The van der Waals surface area contributed by atoms with E-state index in [1.165, 1.54) is 31.2 Å². The summed E-state index contributed by atoms with van der Waals surface area (Å²) in [6.07, 6.45) is 0.227. The molecular weight excluding hydrogens is 375 g/mol. The fourth-order valence-electron chi connectivity index (χ4n) is 3.36. The van der Waals surface area contributed by atoms with Crippen molar-refractivity contribution < 1.29 is 18.8 Å². The van der Waals surface area contributed by atoms with Crippen LogP contribution in [0.25, 0.3) is 0 Å². The zero-order chi connectivity index (χ0) is 21.2. The molecule has 2 atom stereocenters. The highest BCUT2D eigenvalue weighted by molar-refractivity contribution is 6.11. The third kappa shape index (κ3) is 3.43. The van der Waals surface area contributed by atoms with Gasteiger partial charge in [-0.05, 0) is 43.2 Å². The molecule has 2 aromatic rings. The second-order valence-corrected chi connectivity index (χ2v) is 6.69. The molecular formula is C21H19FN4O3. The maximum atomic E-state index is 13.3. The molecule has 0 saturated carbocycles. The molecule has 8 heteroatoms. The second-order valence-electron chi connectivity index (χ2n) is 6.69. The standard InChI is InChI=1S/C21H19FN4O3/c1-3-21(15-8-10-16(22)11-9-15)19(28)26(20(29)25-21)13(2)18(27)24-17-7-5-4-6-14(17)12-23/h4-11,13H,3H2,1-2H3,(H,24,27)(H,25,29)/t13-,21+/m1/s1. The normalized spacial score (nSPS) is 19.4. The summed E-state index contributed by atoms with van der Waals surface area (Å²) in [6.45, 7) is 3.15. The molecule has 0 spiro atoms. The third-order valence-electron chi connectivity index (χ3n) is 5.06. The minimum atomic E-state index is -1.37. The van der Waals surface area contributed by atoms with Crippen LogP contribution in [0.3, 0.4) is 0 Å². The van der Waals surface area contributed by atoms with E-state index >= 15 is 0 Å². The summed E-state index contributed by atoms with van der Waals surface area (Å²) < 4.78 is 13.3. The lowest BCUT2D eigenvalue weighted by molar-refractivity contribution is -0.136. The van der Waals surface area contributed by atoms with Crippen LogP contribution in [0.5, 0.6) is 0 Å². The van der Waals surface area contributed by atoms with E-state index in [-0.39, 0.29) is 12.0 Å². The molecule has 0 unspecified atom stereocenters. The maximum Gasteiger partial charge on any atom is 0.326 e. The molecule has 2 N–H and O–H groups in total. The molecule has 29 heavy (non-hydrogen) atoms. The molecule has 1 aliphatic heterocycles. The van der Waals surface area contributed by atoms with Crippen LogP contribution in [0.15, 0.2) is 48.5 Å². The number of imide groups is 1. The Labute approximate surface area is 167 Å². The van der Waals surface area contributed by atoms with Gasteiger partial charge < -0.3 is 10.6 Å². The van der Waals surface area contributed by atoms with Gasteiger partial charge in [-0.2, -0.15) is 5.26 Å². The van der Waals surface area contributed by atoms with Gasteiger partial charge in [-0.15, -0.1) is 0 Å². The van der Waals surface area contributed by atoms with Crippen molar-refractivity contribution in [3.8, 4) is 6.07 Å². The van der Waals surface area contributed by atoms with Crippen molar-refractivity contribution in [2.45, 2.75) is 31.8 Å². The van der Waals surface area contributed by atoms with Crippen LogP contribution in [-0.2, 0) is 15.1 Å². The molecule has 0 bridgehead atoms. The average molecular weight is 394 g/mol. The summed E-state index contributed by atoms with van der Waals surface area (Å²) in [5, 5.41) is 14.4. The Kier molecular flexibility index (Phi) is 5.33. The molecule has 0 radical (unpaired) electrons. The minimum Gasteiger partial charge on any atom is -0.323 e. The number of benzene rings is 2. The van der Waals surface area contributed by atoms with Gasteiger partial charge in [0.1, 0.15) is 23.5 Å². The van der Waals surface area contributed by atoms with E-state index in [1.54, 1.807) is 31.2 Å². The number of para-hydroxylation sites is 1. The van der Waals surface area contributed by atoms with Crippen LogP contribution in [0.2, 0.25) is 0 Å². The van der Waals surface area contributed by atoms with E-state index in [0.717, 1.165) is 4.90 Å². The first kappa shape index (κ1) is 20.0. The SMILES string of the molecule is CC[C@@]1(c2ccc(F)cc2)NC(=O)N([C@H](C)C(=O)Nc2ccccc2C#N)C1=O. The Morgan fingerprint density at radius 1 is 1.24 bits per heavy atom. The van der Waals surface area contributed by atoms with Crippen molar-refractivity contribution in [1.82, 2.24) is 10.2 Å². The lowest BCUT2D eigenvalue weighted by atomic mass is 9.87. The van der Waals surface area contributed by atoms with Crippen molar-refractivity contribution in [2.24, 2.45) is 0 Å². The topological polar surface area (TPSA) is 102 Å². The van der Waals surface area contributed by atoms with Crippen LogP contribution < -0.4 is 10.6 Å². The number of nitrogens with zero attached hydrogens (tertiary/aromatic N) is 2. The van der Waals surface area contributed by atoms with Crippen molar-refractivity contribution in [1.29, 1.82) is 5.26 Å². The summed E-state index contributed by atoms with van der Waals surface area (Å²) >= 11 is 0. The smallest absolute Gasteiger partial charge is 0.323 e. The van der Waals surface area contributed by atoms with E-state index in [2.05, 4.69) is 10.6 Å². The summed E-state index contributed by atoms with van der Waals surface area (Å²) in [5.74, 6) is -1.66. The highest BCUT2D eigenvalue weighted by Gasteiger charge is 2.53. The predicted octanol–water partition coefficient (Wildman–Crippen LogP) is 2.88. The third-order valence-corrected chi connectivity index (χ3v) is 5.06. The molecule has 2 aromatic carbocycles. The Bertz CT molecular complexity index is 1020. The number of carbonyl (C=O) groups excluding carboxylic acids is 3. The molecule has 1 aliphatic rings. The predicted molar refractivity (Wildman–Crippen MR) is 103 cm³/mol.